The number of carbonyl (C=O) groups is 1. The summed E-state index contributed by atoms with van der Waals surface area (Å²) < 4.78 is 4.91. The van der Waals surface area contributed by atoms with Crippen LogP contribution in [0.1, 0.15) is 45.4 Å². The Hall–Kier alpha value is -0.830. The predicted octanol–water partition coefficient (Wildman–Crippen LogP) is 2.91. The summed E-state index contributed by atoms with van der Waals surface area (Å²) in [5.41, 5.74) is 0. The van der Waals surface area contributed by atoms with Gasteiger partial charge in [0.1, 0.15) is 0 Å². The second-order valence-corrected chi connectivity index (χ2v) is 4.35. The SMILES string of the molecule is C=CCC(CCCCCC)C(=O)NCCOC. The van der Waals surface area contributed by atoms with E-state index in [0.29, 0.717) is 13.2 Å². The van der Waals surface area contributed by atoms with E-state index in [1.807, 2.05) is 6.08 Å². The van der Waals surface area contributed by atoms with Gasteiger partial charge in [-0.2, -0.15) is 0 Å². The summed E-state index contributed by atoms with van der Waals surface area (Å²) in [7, 11) is 1.64. The molecule has 0 aliphatic rings. The lowest BCUT2D eigenvalue weighted by Crippen LogP contribution is -2.32. The van der Waals surface area contributed by atoms with Crippen molar-refractivity contribution in [3.05, 3.63) is 12.7 Å². The third-order valence-corrected chi connectivity index (χ3v) is 2.83. The van der Waals surface area contributed by atoms with E-state index in [1.165, 1.54) is 19.3 Å². The van der Waals surface area contributed by atoms with Gasteiger partial charge in [0.2, 0.25) is 5.91 Å². The zero-order valence-electron chi connectivity index (χ0n) is 11.3. The maximum Gasteiger partial charge on any atom is 0.223 e. The van der Waals surface area contributed by atoms with Crippen LogP contribution in [0.15, 0.2) is 12.7 Å². The third-order valence-electron chi connectivity index (χ3n) is 2.83. The van der Waals surface area contributed by atoms with E-state index in [9.17, 15) is 4.79 Å². The third kappa shape index (κ3) is 8.93. The highest BCUT2D eigenvalue weighted by molar-refractivity contribution is 5.78. The van der Waals surface area contributed by atoms with Crippen LogP contribution >= 0.6 is 0 Å². The first-order chi connectivity index (χ1) is 8.26. The Morgan fingerprint density at radius 3 is 2.76 bits per heavy atom. The molecule has 0 rings (SSSR count). The van der Waals surface area contributed by atoms with Crippen LogP contribution < -0.4 is 5.32 Å². The lowest BCUT2D eigenvalue weighted by Gasteiger charge is -2.14. The number of hydrogen-bond acceptors (Lipinski definition) is 2. The molecule has 0 fully saturated rings. The molecule has 0 spiro atoms. The summed E-state index contributed by atoms with van der Waals surface area (Å²) >= 11 is 0. The molecule has 1 amide bonds. The van der Waals surface area contributed by atoms with E-state index in [4.69, 9.17) is 4.74 Å². The van der Waals surface area contributed by atoms with Crippen LogP contribution in [-0.2, 0) is 9.53 Å². The van der Waals surface area contributed by atoms with Crippen molar-refractivity contribution in [3.8, 4) is 0 Å². The van der Waals surface area contributed by atoms with Crippen molar-refractivity contribution < 1.29 is 9.53 Å². The lowest BCUT2D eigenvalue weighted by atomic mass is 9.96. The largest absolute Gasteiger partial charge is 0.383 e. The molecule has 3 nitrogen and oxygen atoms in total. The molecule has 0 saturated heterocycles. The number of rotatable bonds is 11. The van der Waals surface area contributed by atoms with E-state index in [1.54, 1.807) is 7.11 Å². The average molecular weight is 241 g/mol. The number of amides is 1. The molecule has 1 N–H and O–H groups in total. The minimum Gasteiger partial charge on any atom is -0.383 e. The normalized spacial score (nSPS) is 12.1. The number of carbonyl (C=O) groups excluding carboxylic acids is 1. The molecule has 0 aromatic carbocycles. The number of hydrogen-bond donors (Lipinski definition) is 1. The molecule has 0 bridgehead atoms. The number of nitrogens with one attached hydrogen (secondary N) is 1. The van der Waals surface area contributed by atoms with Gasteiger partial charge < -0.3 is 10.1 Å². The minimum absolute atomic E-state index is 0.0845. The van der Waals surface area contributed by atoms with Crippen molar-refractivity contribution in [2.75, 3.05) is 20.3 Å². The van der Waals surface area contributed by atoms with E-state index in [-0.39, 0.29) is 11.8 Å². The van der Waals surface area contributed by atoms with Gasteiger partial charge in [0.05, 0.1) is 6.61 Å². The highest BCUT2D eigenvalue weighted by atomic mass is 16.5. The summed E-state index contributed by atoms with van der Waals surface area (Å²) in [5.74, 6) is 0.222. The van der Waals surface area contributed by atoms with Gasteiger partial charge in [0.25, 0.3) is 0 Å². The number of ether oxygens (including phenoxy) is 1. The Kier molecular flexibility index (Phi) is 11.1. The van der Waals surface area contributed by atoms with Gasteiger partial charge in [-0.25, -0.2) is 0 Å². The first-order valence-corrected chi connectivity index (χ1v) is 6.63. The van der Waals surface area contributed by atoms with Crippen LogP contribution in [0, 0.1) is 5.92 Å². The first-order valence-electron chi connectivity index (χ1n) is 6.63. The summed E-state index contributed by atoms with van der Waals surface area (Å²) in [6.45, 7) is 7.08. The Morgan fingerprint density at radius 2 is 2.18 bits per heavy atom. The fourth-order valence-electron chi connectivity index (χ4n) is 1.80. The average Bonchev–Trinajstić information content (AvgIpc) is 2.33. The summed E-state index contributed by atoms with van der Waals surface area (Å²) in [5, 5.41) is 2.90. The van der Waals surface area contributed by atoms with Crippen LogP contribution in [0.4, 0.5) is 0 Å². The quantitative estimate of drug-likeness (QED) is 0.446. The van der Waals surface area contributed by atoms with E-state index >= 15 is 0 Å². The van der Waals surface area contributed by atoms with E-state index in [2.05, 4.69) is 18.8 Å². The van der Waals surface area contributed by atoms with Gasteiger partial charge in [-0.15, -0.1) is 6.58 Å². The predicted molar refractivity (Wildman–Crippen MR) is 71.9 cm³/mol. The molecule has 0 saturated carbocycles. The van der Waals surface area contributed by atoms with Gasteiger partial charge in [-0.3, -0.25) is 4.79 Å². The summed E-state index contributed by atoms with van der Waals surface area (Å²) in [6.07, 6.45) is 8.40. The zero-order valence-corrected chi connectivity index (χ0v) is 11.3. The highest BCUT2D eigenvalue weighted by Gasteiger charge is 2.15. The van der Waals surface area contributed by atoms with Crippen molar-refractivity contribution in [1.29, 1.82) is 0 Å². The Labute approximate surface area is 106 Å². The van der Waals surface area contributed by atoms with Gasteiger partial charge in [0.15, 0.2) is 0 Å². The van der Waals surface area contributed by atoms with Gasteiger partial charge in [-0.1, -0.05) is 38.7 Å². The molecule has 0 aliphatic carbocycles. The minimum atomic E-state index is 0.0845. The molecular formula is C14H27NO2. The lowest BCUT2D eigenvalue weighted by molar-refractivity contribution is -0.125. The Morgan fingerprint density at radius 1 is 1.41 bits per heavy atom. The molecule has 0 heterocycles. The van der Waals surface area contributed by atoms with E-state index < -0.39 is 0 Å². The smallest absolute Gasteiger partial charge is 0.223 e. The summed E-state index contributed by atoms with van der Waals surface area (Å²) in [4.78, 5) is 11.9. The first kappa shape index (κ1) is 16.2. The van der Waals surface area contributed by atoms with Crippen LogP contribution in [0.2, 0.25) is 0 Å². The Bertz CT molecular complexity index is 204. The van der Waals surface area contributed by atoms with Crippen molar-refractivity contribution in [3.63, 3.8) is 0 Å². The fourth-order valence-corrected chi connectivity index (χ4v) is 1.80. The highest BCUT2D eigenvalue weighted by Crippen LogP contribution is 2.15. The molecule has 100 valence electrons. The monoisotopic (exact) mass is 241 g/mol. The van der Waals surface area contributed by atoms with E-state index in [0.717, 1.165) is 19.3 Å². The topological polar surface area (TPSA) is 38.3 Å². The maximum atomic E-state index is 11.9. The second kappa shape index (κ2) is 11.6. The Balaban J connectivity index is 3.85. The van der Waals surface area contributed by atoms with Crippen LogP contribution in [0.5, 0.6) is 0 Å². The standard InChI is InChI=1S/C14H27NO2/c1-4-6-7-8-10-13(9-5-2)14(16)15-11-12-17-3/h5,13H,2,4,6-12H2,1,3H3,(H,15,16). The molecule has 3 heteroatoms. The second-order valence-electron chi connectivity index (χ2n) is 4.35. The molecule has 0 aromatic heterocycles. The molecule has 0 radical (unpaired) electrons. The molecule has 17 heavy (non-hydrogen) atoms. The molecular weight excluding hydrogens is 214 g/mol. The number of methoxy groups -OCH3 is 1. The van der Waals surface area contributed by atoms with Gasteiger partial charge in [-0.05, 0) is 12.8 Å². The van der Waals surface area contributed by atoms with Crippen LogP contribution in [-0.4, -0.2) is 26.2 Å². The molecule has 1 unspecified atom stereocenters. The zero-order chi connectivity index (χ0) is 12.9. The van der Waals surface area contributed by atoms with Gasteiger partial charge >= 0.3 is 0 Å². The maximum absolute atomic E-state index is 11.9. The summed E-state index contributed by atoms with van der Waals surface area (Å²) in [6, 6.07) is 0. The fraction of sp³-hybridized carbons (Fsp3) is 0.786. The van der Waals surface area contributed by atoms with Gasteiger partial charge in [0, 0.05) is 19.6 Å². The molecule has 1 atom stereocenters. The molecule has 0 aromatic rings. The number of allylic oxidation sites excluding steroid dienone is 1. The van der Waals surface area contributed by atoms with Crippen molar-refractivity contribution >= 4 is 5.91 Å². The molecule has 0 aliphatic heterocycles. The van der Waals surface area contributed by atoms with Crippen molar-refractivity contribution in [2.45, 2.75) is 45.4 Å². The van der Waals surface area contributed by atoms with Crippen LogP contribution in [0.25, 0.3) is 0 Å². The number of unbranched alkanes of at least 4 members (excludes halogenated alkanes) is 3. The van der Waals surface area contributed by atoms with Crippen molar-refractivity contribution in [2.24, 2.45) is 5.92 Å². The van der Waals surface area contributed by atoms with Crippen molar-refractivity contribution in [1.82, 2.24) is 5.32 Å². The van der Waals surface area contributed by atoms with Crippen LogP contribution in [0.3, 0.4) is 0 Å².